The maximum absolute atomic E-state index is 11.3. The van der Waals surface area contributed by atoms with Crippen molar-refractivity contribution in [2.75, 3.05) is 13.7 Å². The number of nitrogens with one attached hydrogen (secondary N) is 1. The molecule has 1 aromatic heterocycles. The van der Waals surface area contributed by atoms with E-state index in [1.165, 1.54) is 18.4 Å². The largest absolute Gasteiger partial charge is 0.481 e. The van der Waals surface area contributed by atoms with E-state index in [2.05, 4.69) is 10.1 Å². The lowest BCUT2D eigenvalue weighted by atomic mass is 10.1. The van der Waals surface area contributed by atoms with E-state index in [0.717, 1.165) is 4.88 Å². The van der Waals surface area contributed by atoms with Crippen LogP contribution in [0.3, 0.4) is 0 Å². The molecule has 120 valence electrons. The summed E-state index contributed by atoms with van der Waals surface area (Å²) in [6.45, 7) is 0.280. The molecule has 0 saturated carbocycles. The molecule has 0 aromatic carbocycles. The molecule has 0 bridgehead atoms. The highest BCUT2D eigenvalue weighted by Crippen LogP contribution is 2.18. The van der Waals surface area contributed by atoms with Gasteiger partial charge in [0.15, 0.2) is 0 Å². The molecule has 1 rings (SSSR count). The zero-order chi connectivity index (χ0) is 16.5. The maximum atomic E-state index is 11.3. The van der Waals surface area contributed by atoms with Crippen molar-refractivity contribution in [1.82, 2.24) is 5.32 Å². The van der Waals surface area contributed by atoms with Crippen LogP contribution in [0.25, 0.3) is 6.08 Å². The van der Waals surface area contributed by atoms with Gasteiger partial charge in [-0.15, -0.1) is 11.3 Å². The minimum atomic E-state index is -1.08. The third-order valence-electron chi connectivity index (χ3n) is 2.72. The Labute approximate surface area is 131 Å². The van der Waals surface area contributed by atoms with Crippen LogP contribution in [0.15, 0.2) is 18.2 Å². The lowest BCUT2D eigenvalue weighted by molar-refractivity contribution is -0.140. The first-order chi connectivity index (χ1) is 10.4. The molecule has 1 atom stereocenters. The van der Waals surface area contributed by atoms with E-state index >= 15 is 0 Å². The van der Waals surface area contributed by atoms with Crippen LogP contribution in [0.5, 0.6) is 0 Å². The second-order valence-corrected chi connectivity index (χ2v) is 5.44. The summed E-state index contributed by atoms with van der Waals surface area (Å²) in [7, 11) is 1.31. The average molecular weight is 327 g/mol. The Bertz CT molecular complexity index is 565. The van der Waals surface area contributed by atoms with Crippen LogP contribution in [0, 0.1) is 0 Å². The highest BCUT2D eigenvalue weighted by molar-refractivity contribution is 7.14. The van der Waals surface area contributed by atoms with E-state index in [4.69, 9.17) is 10.2 Å². The highest BCUT2D eigenvalue weighted by atomic mass is 32.1. The smallest absolute Gasteiger partial charge is 0.348 e. The number of ether oxygens (including phenoxy) is 1. The van der Waals surface area contributed by atoms with E-state index in [0.29, 0.717) is 4.88 Å². The molecule has 3 N–H and O–H groups in total. The number of carboxylic acid groups (broad SMARTS) is 2. The first-order valence-electron chi connectivity index (χ1n) is 6.46. The number of hydrogen-bond donors (Lipinski definition) is 3. The molecule has 0 aliphatic carbocycles. The van der Waals surface area contributed by atoms with Gasteiger partial charge in [-0.2, -0.15) is 0 Å². The van der Waals surface area contributed by atoms with Gasteiger partial charge in [0.25, 0.3) is 0 Å². The lowest BCUT2D eigenvalue weighted by Crippen LogP contribution is -2.37. The molecule has 1 heterocycles. The van der Waals surface area contributed by atoms with Crippen molar-refractivity contribution in [1.29, 1.82) is 0 Å². The van der Waals surface area contributed by atoms with Crippen molar-refractivity contribution in [3.8, 4) is 0 Å². The summed E-state index contributed by atoms with van der Waals surface area (Å²) in [6, 6.07) is 2.50. The summed E-state index contributed by atoms with van der Waals surface area (Å²) in [5.41, 5.74) is 0. The van der Waals surface area contributed by atoms with E-state index in [-0.39, 0.29) is 19.4 Å². The van der Waals surface area contributed by atoms with Gasteiger partial charge in [-0.1, -0.05) is 6.08 Å². The van der Waals surface area contributed by atoms with Gasteiger partial charge >= 0.3 is 17.9 Å². The number of hydrogen-bond acceptors (Lipinski definition) is 6. The predicted octanol–water partition coefficient (Wildman–Crippen LogP) is 1.46. The molecule has 0 radical (unpaired) electrons. The van der Waals surface area contributed by atoms with Gasteiger partial charge in [0.1, 0.15) is 10.9 Å². The molecule has 8 heteroatoms. The van der Waals surface area contributed by atoms with Crippen molar-refractivity contribution in [3.05, 3.63) is 28.0 Å². The number of aliphatic carboxylic acids is 2. The minimum absolute atomic E-state index is 0.0179. The third-order valence-corrected chi connectivity index (χ3v) is 3.75. The molecule has 0 aliphatic rings. The number of methoxy groups -OCH3 is 1. The Kier molecular flexibility index (Phi) is 7.27. The summed E-state index contributed by atoms with van der Waals surface area (Å²) in [4.78, 5) is 34.0. The molecule has 0 saturated heterocycles. The van der Waals surface area contributed by atoms with Gasteiger partial charge < -0.3 is 20.3 Å². The van der Waals surface area contributed by atoms with Crippen LogP contribution < -0.4 is 5.32 Å². The molecular weight excluding hydrogens is 310 g/mol. The number of carbonyl (C=O) groups is 3. The molecule has 1 aromatic rings. The molecule has 0 fully saturated rings. The second kappa shape index (κ2) is 8.96. The van der Waals surface area contributed by atoms with Gasteiger partial charge in [-0.3, -0.25) is 9.59 Å². The van der Waals surface area contributed by atoms with E-state index < -0.39 is 23.9 Å². The first kappa shape index (κ1) is 17.9. The van der Waals surface area contributed by atoms with Crippen LogP contribution in [0.2, 0.25) is 0 Å². The van der Waals surface area contributed by atoms with Crippen molar-refractivity contribution < 1.29 is 29.3 Å². The number of rotatable bonds is 9. The quantitative estimate of drug-likeness (QED) is 0.588. The Morgan fingerprint density at radius 2 is 2.09 bits per heavy atom. The Morgan fingerprint density at radius 3 is 2.68 bits per heavy atom. The van der Waals surface area contributed by atoms with Crippen LogP contribution in [0.4, 0.5) is 0 Å². The summed E-state index contributed by atoms with van der Waals surface area (Å²) in [5, 5.41) is 20.3. The van der Waals surface area contributed by atoms with Gasteiger partial charge in [0.2, 0.25) is 0 Å². The number of carboxylic acids is 2. The van der Waals surface area contributed by atoms with Crippen LogP contribution in [-0.2, 0) is 14.3 Å². The maximum Gasteiger partial charge on any atom is 0.348 e. The van der Waals surface area contributed by atoms with E-state index in [9.17, 15) is 14.4 Å². The summed E-state index contributed by atoms with van der Waals surface area (Å²) >= 11 is 1.26. The first-order valence-corrected chi connectivity index (χ1v) is 7.28. The Morgan fingerprint density at radius 1 is 1.36 bits per heavy atom. The fourth-order valence-corrected chi connectivity index (χ4v) is 2.48. The van der Waals surface area contributed by atoms with Crippen molar-refractivity contribution in [2.24, 2.45) is 0 Å². The highest BCUT2D eigenvalue weighted by Gasteiger charge is 2.17. The number of carbonyl (C=O) groups excluding carboxylic acids is 1. The Hall–Kier alpha value is -2.19. The summed E-state index contributed by atoms with van der Waals surface area (Å²) < 4.78 is 4.60. The monoisotopic (exact) mass is 327 g/mol. The molecule has 22 heavy (non-hydrogen) atoms. The normalized spacial score (nSPS) is 12.2. The lowest BCUT2D eigenvalue weighted by Gasteiger charge is -2.11. The second-order valence-electron chi connectivity index (χ2n) is 4.33. The molecule has 0 unspecified atom stereocenters. The molecular formula is C14H17NO6S. The average Bonchev–Trinajstić information content (AvgIpc) is 2.93. The van der Waals surface area contributed by atoms with Crippen molar-refractivity contribution >= 4 is 35.3 Å². The van der Waals surface area contributed by atoms with Crippen molar-refractivity contribution in [3.63, 3.8) is 0 Å². The van der Waals surface area contributed by atoms with Gasteiger partial charge in [0, 0.05) is 17.8 Å². The van der Waals surface area contributed by atoms with Gasteiger partial charge in [0.05, 0.1) is 7.11 Å². The van der Waals surface area contributed by atoms with Crippen LogP contribution >= 0.6 is 11.3 Å². The molecule has 7 nitrogen and oxygen atoms in total. The predicted molar refractivity (Wildman–Crippen MR) is 81.0 cm³/mol. The standard InChI is InChI=1S/C14H17NO6S/c1-21-14(20)11-6-4-9(22-11)3-2-8-15-10(13(18)19)5-7-12(16)17/h2-4,6,10,15H,5,7-8H2,1H3,(H,16,17)(H,18,19)/b3-2-/t10-/m1/s1. The van der Waals surface area contributed by atoms with Gasteiger partial charge in [-0.05, 0) is 24.6 Å². The fourth-order valence-electron chi connectivity index (χ4n) is 1.62. The zero-order valence-electron chi connectivity index (χ0n) is 11.9. The van der Waals surface area contributed by atoms with Crippen LogP contribution in [-0.4, -0.2) is 47.8 Å². The van der Waals surface area contributed by atoms with E-state index in [1.807, 2.05) is 0 Å². The number of esters is 1. The van der Waals surface area contributed by atoms with Crippen molar-refractivity contribution in [2.45, 2.75) is 18.9 Å². The molecule has 0 aliphatic heterocycles. The molecule has 0 amide bonds. The van der Waals surface area contributed by atoms with Gasteiger partial charge in [-0.25, -0.2) is 4.79 Å². The van der Waals surface area contributed by atoms with E-state index in [1.54, 1.807) is 24.3 Å². The Balaban J connectivity index is 2.46. The minimum Gasteiger partial charge on any atom is -0.481 e. The van der Waals surface area contributed by atoms with Crippen LogP contribution in [0.1, 0.15) is 27.4 Å². The SMILES string of the molecule is COC(=O)c1ccc(/C=C\CN[C@H](CCC(=O)O)C(=O)O)s1. The summed E-state index contributed by atoms with van der Waals surface area (Å²) in [5.74, 6) is -2.52. The number of thiophene rings is 1. The fraction of sp³-hybridized carbons (Fsp3) is 0.357. The summed E-state index contributed by atoms with van der Waals surface area (Å²) in [6.07, 6.45) is 3.27. The topological polar surface area (TPSA) is 113 Å². The zero-order valence-corrected chi connectivity index (χ0v) is 12.8. The third kappa shape index (κ3) is 6.06. The molecule has 0 spiro atoms.